The van der Waals surface area contributed by atoms with Crippen molar-refractivity contribution in [1.29, 1.82) is 0 Å². The van der Waals surface area contributed by atoms with E-state index in [2.05, 4.69) is 5.32 Å². The molecule has 0 saturated heterocycles. The van der Waals surface area contributed by atoms with Gasteiger partial charge in [-0.3, -0.25) is 10.1 Å². The van der Waals surface area contributed by atoms with Crippen LogP contribution in [0.15, 0.2) is 42.5 Å². The molecule has 0 fully saturated rings. The smallest absolute Gasteiger partial charge is 0.271 e. The molecule has 0 radical (unpaired) electrons. The highest BCUT2D eigenvalue weighted by molar-refractivity contribution is 5.54. The second kappa shape index (κ2) is 6.74. The van der Waals surface area contributed by atoms with Crippen LogP contribution >= 0.6 is 0 Å². The molecule has 0 bridgehead atoms. The molecule has 0 aliphatic rings. The van der Waals surface area contributed by atoms with E-state index in [4.69, 9.17) is 4.74 Å². The van der Waals surface area contributed by atoms with Gasteiger partial charge in [0.25, 0.3) is 5.69 Å². The Kier molecular flexibility index (Phi) is 4.77. The molecule has 0 heterocycles. The summed E-state index contributed by atoms with van der Waals surface area (Å²) in [4.78, 5) is 10.5. The summed E-state index contributed by atoms with van der Waals surface area (Å²) in [5.74, 6) is 0.826. The van der Waals surface area contributed by atoms with Crippen molar-refractivity contribution < 1.29 is 9.66 Å². The fourth-order valence-corrected chi connectivity index (χ4v) is 2.09. The average Bonchev–Trinajstić information content (AvgIpc) is 2.45. The largest absolute Gasteiger partial charge is 0.494 e. The Morgan fingerprint density at radius 3 is 2.76 bits per heavy atom. The van der Waals surface area contributed by atoms with Gasteiger partial charge in [0.15, 0.2) is 0 Å². The maximum absolute atomic E-state index is 10.9. The second-order valence-electron chi connectivity index (χ2n) is 4.75. The Morgan fingerprint density at radius 2 is 2.05 bits per heavy atom. The van der Waals surface area contributed by atoms with Gasteiger partial charge in [0.2, 0.25) is 0 Å². The number of benzene rings is 2. The first-order valence-electron chi connectivity index (χ1n) is 6.80. The molecule has 0 aromatic heterocycles. The number of anilines is 1. The zero-order chi connectivity index (χ0) is 15.2. The van der Waals surface area contributed by atoms with Gasteiger partial charge in [-0.25, -0.2) is 0 Å². The van der Waals surface area contributed by atoms with Crippen LogP contribution in [0.1, 0.15) is 18.1 Å². The van der Waals surface area contributed by atoms with E-state index in [9.17, 15) is 10.1 Å². The number of aryl methyl sites for hydroxylation is 1. The SMILES string of the molecule is CCOc1cccc(CNc2cc(C)cc([N+](=O)[O-])c2)c1. The van der Waals surface area contributed by atoms with Crippen molar-refractivity contribution >= 4 is 11.4 Å². The fraction of sp³-hybridized carbons (Fsp3) is 0.250. The Balaban J connectivity index is 2.09. The van der Waals surface area contributed by atoms with E-state index in [0.717, 1.165) is 22.6 Å². The third kappa shape index (κ3) is 4.21. The molecular weight excluding hydrogens is 268 g/mol. The highest BCUT2D eigenvalue weighted by Gasteiger charge is 2.07. The standard InChI is InChI=1S/C16H18N2O3/c1-3-21-16-6-4-5-13(9-16)11-17-14-7-12(2)8-15(10-14)18(19)20/h4-10,17H,3,11H2,1-2H3. The summed E-state index contributed by atoms with van der Waals surface area (Å²) in [5, 5.41) is 14.1. The maximum atomic E-state index is 10.9. The number of rotatable bonds is 6. The normalized spacial score (nSPS) is 10.2. The van der Waals surface area contributed by atoms with Gasteiger partial charge in [-0.05, 0) is 43.2 Å². The van der Waals surface area contributed by atoms with Crippen molar-refractivity contribution in [1.82, 2.24) is 0 Å². The highest BCUT2D eigenvalue weighted by atomic mass is 16.6. The minimum absolute atomic E-state index is 0.0977. The summed E-state index contributed by atoms with van der Waals surface area (Å²) in [5.41, 5.74) is 2.75. The van der Waals surface area contributed by atoms with Crippen molar-refractivity contribution in [3.05, 3.63) is 63.7 Å². The summed E-state index contributed by atoms with van der Waals surface area (Å²) < 4.78 is 5.45. The van der Waals surface area contributed by atoms with Crippen molar-refractivity contribution in [2.24, 2.45) is 0 Å². The minimum atomic E-state index is -0.381. The zero-order valence-electron chi connectivity index (χ0n) is 12.1. The van der Waals surface area contributed by atoms with Gasteiger partial charge in [0.1, 0.15) is 5.75 Å². The Morgan fingerprint density at radius 1 is 1.24 bits per heavy atom. The number of hydrogen-bond acceptors (Lipinski definition) is 4. The van der Waals surface area contributed by atoms with Crippen LogP contribution in [0, 0.1) is 17.0 Å². The molecule has 2 aromatic carbocycles. The van der Waals surface area contributed by atoms with E-state index in [1.165, 1.54) is 0 Å². The van der Waals surface area contributed by atoms with Crippen molar-refractivity contribution in [3.63, 3.8) is 0 Å². The molecule has 0 spiro atoms. The van der Waals surface area contributed by atoms with Crippen LogP contribution in [0.3, 0.4) is 0 Å². The van der Waals surface area contributed by atoms with Crippen molar-refractivity contribution in [3.8, 4) is 5.75 Å². The maximum Gasteiger partial charge on any atom is 0.271 e. The summed E-state index contributed by atoms with van der Waals surface area (Å²) in [6, 6.07) is 12.8. The molecule has 0 aliphatic heterocycles. The van der Waals surface area contributed by atoms with Gasteiger partial charge >= 0.3 is 0 Å². The van der Waals surface area contributed by atoms with E-state index < -0.39 is 0 Å². The van der Waals surface area contributed by atoms with Gasteiger partial charge in [0.05, 0.1) is 11.5 Å². The Labute approximate surface area is 123 Å². The lowest BCUT2D eigenvalue weighted by Crippen LogP contribution is -2.01. The van der Waals surface area contributed by atoms with Crippen LogP contribution in [0.5, 0.6) is 5.75 Å². The molecule has 1 N–H and O–H groups in total. The lowest BCUT2D eigenvalue weighted by molar-refractivity contribution is -0.384. The molecule has 110 valence electrons. The van der Waals surface area contributed by atoms with Crippen LogP contribution in [0.4, 0.5) is 11.4 Å². The van der Waals surface area contributed by atoms with E-state index in [1.807, 2.05) is 44.2 Å². The molecule has 2 rings (SSSR count). The Bertz CT molecular complexity index is 641. The lowest BCUT2D eigenvalue weighted by Gasteiger charge is -2.09. The number of nitrogens with zero attached hydrogens (tertiary/aromatic N) is 1. The molecule has 0 aliphatic carbocycles. The van der Waals surface area contributed by atoms with Crippen LogP contribution in [0.25, 0.3) is 0 Å². The molecule has 0 atom stereocenters. The molecule has 0 unspecified atom stereocenters. The number of nitro benzene ring substituents is 1. The topological polar surface area (TPSA) is 64.4 Å². The number of ether oxygens (including phenoxy) is 1. The van der Waals surface area contributed by atoms with Gasteiger partial charge in [-0.2, -0.15) is 0 Å². The van der Waals surface area contributed by atoms with Crippen LogP contribution in [-0.4, -0.2) is 11.5 Å². The zero-order valence-corrected chi connectivity index (χ0v) is 12.1. The van der Waals surface area contributed by atoms with Crippen LogP contribution < -0.4 is 10.1 Å². The monoisotopic (exact) mass is 286 g/mol. The Hall–Kier alpha value is -2.56. The van der Waals surface area contributed by atoms with Crippen molar-refractivity contribution in [2.45, 2.75) is 20.4 Å². The molecule has 0 saturated carbocycles. The summed E-state index contributed by atoms with van der Waals surface area (Å²) in [7, 11) is 0. The third-order valence-corrected chi connectivity index (χ3v) is 2.98. The van der Waals surface area contributed by atoms with E-state index in [-0.39, 0.29) is 10.6 Å². The number of non-ortho nitro benzene ring substituents is 1. The fourth-order valence-electron chi connectivity index (χ4n) is 2.09. The molecule has 21 heavy (non-hydrogen) atoms. The molecule has 2 aromatic rings. The lowest BCUT2D eigenvalue weighted by atomic mass is 10.1. The molecule has 5 heteroatoms. The second-order valence-corrected chi connectivity index (χ2v) is 4.75. The van der Waals surface area contributed by atoms with Crippen LogP contribution in [-0.2, 0) is 6.54 Å². The van der Waals surface area contributed by atoms with E-state index in [0.29, 0.717) is 13.2 Å². The van der Waals surface area contributed by atoms with Gasteiger partial charge in [-0.15, -0.1) is 0 Å². The summed E-state index contributed by atoms with van der Waals surface area (Å²) >= 11 is 0. The number of nitro groups is 1. The minimum Gasteiger partial charge on any atom is -0.494 e. The quantitative estimate of drug-likeness (QED) is 0.646. The summed E-state index contributed by atoms with van der Waals surface area (Å²) in [6.45, 7) is 4.99. The summed E-state index contributed by atoms with van der Waals surface area (Å²) in [6.07, 6.45) is 0. The first kappa shape index (κ1) is 14.8. The molecule has 0 amide bonds. The van der Waals surface area contributed by atoms with Gasteiger partial charge in [-0.1, -0.05) is 12.1 Å². The van der Waals surface area contributed by atoms with Gasteiger partial charge in [0, 0.05) is 24.4 Å². The van der Waals surface area contributed by atoms with Crippen LogP contribution in [0.2, 0.25) is 0 Å². The molecular formula is C16H18N2O3. The van der Waals surface area contributed by atoms with E-state index >= 15 is 0 Å². The predicted molar refractivity (Wildman–Crippen MR) is 82.8 cm³/mol. The predicted octanol–water partition coefficient (Wildman–Crippen LogP) is 3.91. The highest BCUT2D eigenvalue weighted by Crippen LogP contribution is 2.21. The van der Waals surface area contributed by atoms with Gasteiger partial charge < -0.3 is 10.1 Å². The third-order valence-electron chi connectivity index (χ3n) is 2.98. The number of nitrogens with one attached hydrogen (secondary N) is 1. The van der Waals surface area contributed by atoms with E-state index in [1.54, 1.807) is 12.1 Å². The molecule has 5 nitrogen and oxygen atoms in total. The first-order valence-corrected chi connectivity index (χ1v) is 6.80. The average molecular weight is 286 g/mol. The number of hydrogen-bond donors (Lipinski definition) is 1. The first-order chi connectivity index (χ1) is 10.1. The van der Waals surface area contributed by atoms with Crippen molar-refractivity contribution in [2.75, 3.05) is 11.9 Å².